The van der Waals surface area contributed by atoms with E-state index in [0.717, 1.165) is 29.7 Å². The van der Waals surface area contributed by atoms with E-state index >= 15 is 0 Å². The zero-order valence-corrected chi connectivity index (χ0v) is 14.5. The highest BCUT2D eigenvalue weighted by molar-refractivity contribution is 8.00. The standard InChI is InChI=1S/C17H23N3OS/c1-10-11(2)15(9-18)17(19-12(10)3)22-13(4)16(21)20-14-7-5-6-8-14/h13-14H,5-8H2,1-4H3,(H,20,21). The molecule has 0 bridgehead atoms. The summed E-state index contributed by atoms with van der Waals surface area (Å²) in [4.78, 5) is 16.8. The van der Waals surface area contributed by atoms with Gasteiger partial charge >= 0.3 is 0 Å². The maximum atomic E-state index is 12.3. The predicted molar refractivity (Wildman–Crippen MR) is 88.9 cm³/mol. The number of amides is 1. The van der Waals surface area contributed by atoms with Gasteiger partial charge in [0.25, 0.3) is 0 Å². The van der Waals surface area contributed by atoms with E-state index in [1.54, 1.807) is 0 Å². The second-order valence-corrected chi connectivity index (χ2v) is 7.32. The summed E-state index contributed by atoms with van der Waals surface area (Å²) in [5, 5.41) is 12.9. The summed E-state index contributed by atoms with van der Waals surface area (Å²) < 4.78 is 0. The van der Waals surface area contributed by atoms with Crippen molar-refractivity contribution >= 4 is 17.7 Å². The Kier molecular flexibility index (Phi) is 5.47. The Labute approximate surface area is 136 Å². The number of pyridine rings is 1. The topological polar surface area (TPSA) is 65.8 Å². The van der Waals surface area contributed by atoms with Crippen molar-refractivity contribution in [1.29, 1.82) is 5.26 Å². The number of nitrogens with zero attached hydrogens (tertiary/aromatic N) is 2. The number of aromatic nitrogens is 1. The fourth-order valence-corrected chi connectivity index (χ4v) is 3.75. The van der Waals surface area contributed by atoms with Crippen molar-refractivity contribution in [2.45, 2.75) is 69.7 Å². The van der Waals surface area contributed by atoms with Crippen LogP contribution in [0.15, 0.2) is 5.03 Å². The molecule has 0 aromatic carbocycles. The summed E-state index contributed by atoms with van der Waals surface area (Å²) in [6.45, 7) is 7.73. The van der Waals surface area contributed by atoms with Gasteiger partial charge in [-0.2, -0.15) is 5.26 Å². The van der Waals surface area contributed by atoms with Crippen LogP contribution >= 0.6 is 11.8 Å². The fraction of sp³-hybridized carbons (Fsp3) is 0.588. The summed E-state index contributed by atoms with van der Waals surface area (Å²) in [5.74, 6) is 0.0403. The molecule has 0 radical (unpaired) electrons. The lowest BCUT2D eigenvalue weighted by Gasteiger charge is -2.17. The second-order valence-electron chi connectivity index (χ2n) is 5.99. The molecule has 0 spiro atoms. The average Bonchev–Trinajstić information content (AvgIpc) is 2.98. The van der Waals surface area contributed by atoms with Crippen molar-refractivity contribution in [3.05, 3.63) is 22.4 Å². The maximum absolute atomic E-state index is 12.3. The van der Waals surface area contributed by atoms with Crippen molar-refractivity contribution in [3.63, 3.8) is 0 Å². The van der Waals surface area contributed by atoms with Crippen LogP contribution in [-0.2, 0) is 4.79 Å². The van der Waals surface area contributed by atoms with Gasteiger partial charge in [0.1, 0.15) is 11.1 Å². The summed E-state index contributed by atoms with van der Waals surface area (Å²) in [6, 6.07) is 2.55. The van der Waals surface area contributed by atoms with E-state index in [9.17, 15) is 10.1 Å². The molecule has 1 aliphatic rings. The first-order valence-electron chi connectivity index (χ1n) is 7.79. The van der Waals surface area contributed by atoms with Gasteiger partial charge < -0.3 is 5.32 Å². The van der Waals surface area contributed by atoms with Crippen LogP contribution in [-0.4, -0.2) is 22.2 Å². The molecule has 118 valence electrons. The summed E-state index contributed by atoms with van der Waals surface area (Å²) in [6.07, 6.45) is 4.55. The molecule has 1 aromatic rings. The van der Waals surface area contributed by atoms with Crippen molar-refractivity contribution < 1.29 is 4.79 Å². The molecular formula is C17H23N3OS. The lowest BCUT2D eigenvalue weighted by Crippen LogP contribution is -2.37. The van der Waals surface area contributed by atoms with Gasteiger partial charge in [-0.3, -0.25) is 4.79 Å². The monoisotopic (exact) mass is 317 g/mol. The van der Waals surface area contributed by atoms with E-state index in [0.29, 0.717) is 16.6 Å². The molecule has 0 aliphatic heterocycles. The Morgan fingerprint density at radius 2 is 1.95 bits per heavy atom. The highest BCUT2D eigenvalue weighted by Gasteiger charge is 2.23. The number of thioether (sulfide) groups is 1. The van der Waals surface area contributed by atoms with Crippen LogP contribution < -0.4 is 5.32 Å². The van der Waals surface area contributed by atoms with Gasteiger partial charge in [0, 0.05) is 11.7 Å². The smallest absolute Gasteiger partial charge is 0.233 e. The van der Waals surface area contributed by atoms with E-state index in [4.69, 9.17) is 0 Å². The van der Waals surface area contributed by atoms with Crippen LogP contribution in [0, 0.1) is 32.1 Å². The molecule has 5 heteroatoms. The van der Waals surface area contributed by atoms with Gasteiger partial charge in [0.05, 0.1) is 10.8 Å². The quantitative estimate of drug-likeness (QED) is 0.864. The molecule has 1 aliphatic carbocycles. The maximum Gasteiger partial charge on any atom is 0.233 e. The van der Waals surface area contributed by atoms with Gasteiger partial charge in [-0.25, -0.2) is 4.98 Å². The highest BCUT2D eigenvalue weighted by atomic mass is 32.2. The minimum Gasteiger partial charge on any atom is -0.352 e. The van der Waals surface area contributed by atoms with Gasteiger partial charge in [0.2, 0.25) is 5.91 Å². The Morgan fingerprint density at radius 3 is 2.55 bits per heavy atom. The third kappa shape index (κ3) is 3.61. The highest BCUT2D eigenvalue weighted by Crippen LogP contribution is 2.29. The zero-order chi connectivity index (χ0) is 16.3. The molecule has 1 amide bonds. The van der Waals surface area contributed by atoms with Crippen LogP contribution in [0.4, 0.5) is 0 Å². The Bertz CT molecular complexity index is 615. The second kappa shape index (κ2) is 7.15. The van der Waals surface area contributed by atoms with Gasteiger partial charge in [-0.1, -0.05) is 24.6 Å². The van der Waals surface area contributed by atoms with E-state index in [1.807, 2.05) is 27.7 Å². The minimum absolute atomic E-state index is 0.0403. The summed E-state index contributed by atoms with van der Waals surface area (Å²) in [5.41, 5.74) is 3.51. The van der Waals surface area contributed by atoms with E-state index in [1.165, 1.54) is 24.6 Å². The lowest BCUT2D eigenvalue weighted by atomic mass is 10.1. The largest absolute Gasteiger partial charge is 0.352 e. The number of carbonyl (C=O) groups excluding carboxylic acids is 1. The molecule has 1 fully saturated rings. The lowest BCUT2D eigenvalue weighted by molar-refractivity contribution is -0.120. The van der Waals surface area contributed by atoms with Gasteiger partial charge in [-0.15, -0.1) is 0 Å². The van der Waals surface area contributed by atoms with Crippen molar-refractivity contribution in [2.75, 3.05) is 0 Å². The molecule has 1 heterocycles. The van der Waals surface area contributed by atoms with E-state index < -0.39 is 0 Å². The zero-order valence-electron chi connectivity index (χ0n) is 13.7. The Hall–Kier alpha value is -1.54. The van der Waals surface area contributed by atoms with Gasteiger partial charge in [0.15, 0.2) is 0 Å². The number of aryl methyl sites for hydroxylation is 1. The SMILES string of the molecule is Cc1nc(SC(C)C(=O)NC2CCCC2)c(C#N)c(C)c1C. The normalized spacial score (nSPS) is 16.3. The third-order valence-corrected chi connectivity index (χ3v) is 5.52. The molecule has 1 N–H and O–H groups in total. The van der Waals surface area contributed by atoms with Crippen LogP contribution in [0.1, 0.15) is 55.0 Å². The first-order valence-corrected chi connectivity index (χ1v) is 8.67. The third-order valence-electron chi connectivity index (χ3n) is 4.43. The van der Waals surface area contributed by atoms with Crippen molar-refractivity contribution in [2.24, 2.45) is 0 Å². The van der Waals surface area contributed by atoms with Gasteiger partial charge in [-0.05, 0) is 51.7 Å². The summed E-state index contributed by atoms with van der Waals surface area (Å²) in [7, 11) is 0. The predicted octanol–water partition coefficient (Wildman–Crippen LogP) is 3.42. The van der Waals surface area contributed by atoms with E-state index in [-0.39, 0.29) is 11.2 Å². The first kappa shape index (κ1) is 16.8. The number of nitriles is 1. The molecule has 1 unspecified atom stereocenters. The fourth-order valence-electron chi connectivity index (χ4n) is 2.74. The Balaban J connectivity index is 2.12. The van der Waals surface area contributed by atoms with Crippen molar-refractivity contribution in [3.8, 4) is 6.07 Å². The molecule has 1 aromatic heterocycles. The molecule has 2 rings (SSSR count). The van der Waals surface area contributed by atoms with Crippen LogP contribution in [0.2, 0.25) is 0 Å². The minimum atomic E-state index is -0.248. The number of hydrogen-bond acceptors (Lipinski definition) is 4. The molecule has 4 nitrogen and oxygen atoms in total. The number of rotatable bonds is 4. The first-order chi connectivity index (χ1) is 10.4. The molecular weight excluding hydrogens is 294 g/mol. The Morgan fingerprint density at radius 1 is 1.32 bits per heavy atom. The van der Waals surface area contributed by atoms with Crippen LogP contribution in [0.5, 0.6) is 0 Å². The van der Waals surface area contributed by atoms with Crippen LogP contribution in [0.3, 0.4) is 0 Å². The number of carbonyl (C=O) groups is 1. The molecule has 1 atom stereocenters. The average molecular weight is 317 g/mol. The molecule has 0 saturated heterocycles. The summed E-state index contributed by atoms with van der Waals surface area (Å²) >= 11 is 1.38. The number of nitrogens with one attached hydrogen (secondary N) is 1. The van der Waals surface area contributed by atoms with Crippen LogP contribution in [0.25, 0.3) is 0 Å². The number of hydrogen-bond donors (Lipinski definition) is 1. The molecule has 22 heavy (non-hydrogen) atoms. The molecule has 1 saturated carbocycles. The van der Waals surface area contributed by atoms with E-state index in [2.05, 4.69) is 16.4 Å². The van der Waals surface area contributed by atoms with Crippen molar-refractivity contribution in [1.82, 2.24) is 10.3 Å².